The number of halogens is 3. The zero-order chi connectivity index (χ0) is 10.7. The van der Waals surface area contributed by atoms with Gasteiger partial charge in [0, 0.05) is 0 Å². The average molecular weight is 222 g/mol. The van der Waals surface area contributed by atoms with E-state index in [1.807, 2.05) is 0 Å². The molecule has 1 aromatic rings. The van der Waals surface area contributed by atoms with Gasteiger partial charge < -0.3 is 5.11 Å². The molecular formula is C8H6ClF2NO2. The number of nitrogens with zero attached hydrogens (tertiary/aromatic N) is 1. The number of aromatic nitrogens is 1. The van der Waals surface area contributed by atoms with Crippen molar-refractivity contribution in [3.63, 3.8) is 0 Å². The fraction of sp³-hybridized carbons (Fsp3) is 0.250. The first kappa shape index (κ1) is 10.8. The van der Waals surface area contributed by atoms with Crippen molar-refractivity contribution in [1.82, 2.24) is 4.98 Å². The third-order valence-electron chi connectivity index (χ3n) is 1.59. The summed E-state index contributed by atoms with van der Waals surface area (Å²) >= 11 is 5.38. The molecule has 14 heavy (non-hydrogen) atoms. The summed E-state index contributed by atoms with van der Waals surface area (Å²) in [6.45, 7) is 0. The molecule has 0 radical (unpaired) electrons. The molecule has 0 saturated carbocycles. The summed E-state index contributed by atoms with van der Waals surface area (Å²) in [6, 6.07) is 0.972. The lowest BCUT2D eigenvalue weighted by atomic mass is 10.2. The van der Waals surface area contributed by atoms with Crippen LogP contribution in [-0.2, 0) is 5.88 Å². The highest BCUT2D eigenvalue weighted by molar-refractivity contribution is 6.16. The van der Waals surface area contributed by atoms with Crippen molar-refractivity contribution in [2.45, 2.75) is 12.3 Å². The first-order valence-corrected chi connectivity index (χ1v) is 4.15. The van der Waals surface area contributed by atoms with Gasteiger partial charge in [0.25, 0.3) is 6.43 Å². The van der Waals surface area contributed by atoms with Crippen LogP contribution in [-0.4, -0.2) is 16.4 Å². The number of carbonyl (C=O) groups excluding carboxylic acids is 1. The minimum atomic E-state index is -2.86. The molecule has 0 atom stereocenters. The lowest BCUT2D eigenvalue weighted by Gasteiger charge is -2.06. The minimum Gasteiger partial charge on any atom is -0.505 e. The Hall–Kier alpha value is -1.23. The summed E-state index contributed by atoms with van der Waals surface area (Å²) in [5.41, 5.74) is -0.918. The Balaban J connectivity index is 3.34. The lowest BCUT2D eigenvalue weighted by Crippen LogP contribution is -1.98. The highest BCUT2D eigenvalue weighted by atomic mass is 35.5. The van der Waals surface area contributed by atoms with E-state index >= 15 is 0 Å². The van der Waals surface area contributed by atoms with E-state index in [0.717, 1.165) is 6.07 Å². The maximum atomic E-state index is 12.3. The third kappa shape index (κ3) is 1.98. The van der Waals surface area contributed by atoms with E-state index in [1.165, 1.54) is 0 Å². The van der Waals surface area contributed by atoms with Gasteiger partial charge in [0.05, 0.1) is 17.1 Å². The standard InChI is InChI=1S/C8H6ClF2NO2/c9-2-4-1-5(8(10)11)7(14)6(3-13)12-4/h1,3,8,14H,2H2. The topological polar surface area (TPSA) is 50.2 Å². The maximum absolute atomic E-state index is 12.3. The van der Waals surface area contributed by atoms with Gasteiger partial charge in [-0.3, -0.25) is 4.79 Å². The number of aldehydes is 1. The summed E-state index contributed by atoms with van der Waals surface area (Å²) in [6.07, 6.45) is -2.66. The van der Waals surface area contributed by atoms with Gasteiger partial charge >= 0.3 is 0 Å². The molecule has 1 N–H and O–H groups in total. The van der Waals surface area contributed by atoms with Gasteiger partial charge in [-0.25, -0.2) is 13.8 Å². The fourth-order valence-corrected chi connectivity index (χ4v) is 1.09. The molecule has 0 aliphatic heterocycles. The lowest BCUT2D eigenvalue weighted by molar-refractivity contribution is 0.111. The molecule has 0 aliphatic carbocycles. The predicted molar refractivity (Wildman–Crippen MR) is 45.8 cm³/mol. The quantitative estimate of drug-likeness (QED) is 0.629. The van der Waals surface area contributed by atoms with Gasteiger partial charge in [0.2, 0.25) is 0 Å². The van der Waals surface area contributed by atoms with Crippen LogP contribution in [0.1, 0.15) is 28.2 Å². The first-order valence-electron chi connectivity index (χ1n) is 3.62. The Morgan fingerprint density at radius 2 is 2.29 bits per heavy atom. The molecule has 6 heteroatoms. The number of rotatable bonds is 3. The Morgan fingerprint density at radius 3 is 2.71 bits per heavy atom. The van der Waals surface area contributed by atoms with Crippen molar-refractivity contribution in [2.75, 3.05) is 0 Å². The second kappa shape index (κ2) is 4.32. The van der Waals surface area contributed by atoms with Crippen LogP contribution < -0.4 is 0 Å². The molecule has 0 spiro atoms. The SMILES string of the molecule is O=Cc1nc(CCl)cc(C(F)F)c1O. The van der Waals surface area contributed by atoms with Crippen LogP contribution in [0.25, 0.3) is 0 Å². The summed E-state index contributed by atoms with van der Waals surface area (Å²) in [5.74, 6) is -0.884. The molecule has 1 rings (SSSR count). The van der Waals surface area contributed by atoms with Gasteiger partial charge in [-0.05, 0) is 6.07 Å². The molecule has 0 saturated heterocycles. The van der Waals surface area contributed by atoms with Crippen LogP contribution in [0.2, 0.25) is 0 Å². The molecule has 0 amide bonds. The van der Waals surface area contributed by atoms with E-state index in [1.54, 1.807) is 0 Å². The zero-order valence-corrected chi connectivity index (χ0v) is 7.63. The normalized spacial score (nSPS) is 10.6. The second-order valence-electron chi connectivity index (χ2n) is 2.49. The van der Waals surface area contributed by atoms with Crippen molar-refractivity contribution in [3.05, 3.63) is 23.0 Å². The average Bonchev–Trinajstić information content (AvgIpc) is 2.17. The van der Waals surface area contributed by atoms with Crippen molar-refractivity contribution in [3.8, 4) is 5.75 Å². The molecule has 0 unspecified atom stereocenters. The number of hydrogen-bond donors (Lipinski definition) is 1. The Kier molecular flexibility index (Phi) is 3.35. The van der Waals surface area contributed by atoms with Crippen molar-refractivity contribution < 1.29 is 18.7 Å². The van der Waals surface area contributed by atoms with E-state index < -0.39 is 23.4 Å². The monoisotopic (exact) mass is 221 g/mol. The number of pyridine rings is 1. The summed E-state index contributed by atoms with van der Waals surface area (Å²) in [4.78, 5) is 13.9. The summed E-state index contributed by atoms with van der Waals surface area (Å²) in [7, 11) is 0. The van der Waals surface area contributed by atoms with E-state index in [9.17, 15) is 13.6 Å². The van der Waals surface area contributed by atoms with E-state index in [0.29, 0.717) is 0 Å². The first-order chi connectivity index (χ1) is 6.60. The van der Waals surface area contributed by atoms with Crippen LogP contribution in [0.5, 0.6) is 5.75 Å². The van der Waals surface area contributed by atoms with Crippen LogP contribution in [0, 0.1) is 0 Å². The molecule has 3 nitrogen and oxygen atoms in total. The van der Waals surface area contributed by atoms with Gasteiger partial charge in [-0.1, -0.05) is 0 Å². The number of carbonyl (C=O) groups is 1. The Bertz CT molecular complexity index is 357. The number of alkyl halides is 3. The number of aromatic hydroxyl groups is 1. The smallest absolute Gasteiger partial charge is 0.267 e. The number of hydrogen-bond acceptors (Lipinski definition) is 3. The fourth-order valence-electron chi connectivity index (χ4n) is 0.953. The molecule has 1 heterocycles. The van der Waals surface area contributed by atoms with Crippen molar-refractivity contribution >= 4 is 17.9 Å². The highest BCUT2D eigenvalue weighted by Crippen LogP contribution is 2.30. The van der Waals surface area contributed by atoms with E-state index in [-0.39, 0.29) is 17.9 Å². The van der Waals surface area contributed by atoms with Gasteiger partial charge in [0.1, 0.15) is 5.69 Å². The zero-order valence-electron chi connectivity index (χ0n) is 6.88. The third-order valence-corrected chi connectivity index (χ3v) is 1.86. The molecule has 0 aromatic carbocycles. The van der Waals surface area contributed by atoms with E-state index in [4.69, 9.17) is 16.7 Å². The van der Waals surface area contributed by atoms with Crippen LogP contribution in [0.3, 0.4) is 0 Å². The van der Waals surface area contributed by atoms with Crippen LogP contribution >= 0.6 is 11.6 Å². The molecule has 1 aromatic heterocycles. The maximum Gasteiger partial charge on any atom is 0.267 e. The van der Waals surface area contributed by atoms with E-state index in [2.05, 4.69) is 4.98 Å². The van der Waals surface area contributed by atoms with Crippen LogP contribution in [0.4, 0.5) is 8.78 Å². The molecule has 0 bridgehead atoms. The van der Waals surface area contributed by atoms with Gasteiger partial charge in [-0.15, -0.1) is 11.6 Å². The minimum absolute atomic E-state index is 0.0964. The highest BCUT2D eigenvalue weighted by Gasteiger charge is 2.18. The summed E-state index contributed by atoms with van der Waals surface area (Å²) in [5, 5.41) is 9.16. The second-order valence-corrected chi connectivity index (χ2v) is 2.76. The Morgan fingerprint density at radius 1 is 1.64 bits per heavy atom. The Labute approximate surface area is 83.3 Å². The van der Waals surface area contributed by atoms with Crippen molar-refractivity contribution in [1.29, 1.82) is 0 Å². The molecule has 0 aliphatic rings. The van der Waals surface area contributed by atoms with Crippen LogP contribution in [0.15, 0.2) is 6.07 Å². The van der Waals surface area contributed by atoms with Gasteiger partial charge in [-0.2, -0.15) is 0 Å². The van der Waals surface area contributed by atoms with Crippen molar-refractivity contribution in [2.24, 2.45) is 0 Å². The molecule has 0 fully saturated rings. The molecule has 76 valence electrons. The predicted octanol–water partition coefficient (Wildman–Crippen LogP) is 2.28. The summed E-state index contributed by atoms with van der Waals surface area (Å²) < 4.78 is 24.6. The van der Waals surface area contributed by atoms with Gasteiger partial charge in [0.15, 0.2) is 12.0 Å². The molecular weight excluding hydrogens is 216 g/mol. The largest absolute Gasteiger partial charge is 0.505 e.